The van der Waals surface area contributed by atoms with Crippen molar-refractivity contribution >= 4 is 99.2 Å². The maximum absolute atomic E-state index is 13.4. The van der Waals surface area contributed by atoms with Gasteiger partial charge < -0.3 is 19.7 Å². The van der Waals surface area contributed by atoms with Crippen molar-refractivity contribution in [1.29, 1.82) is 0 Å². The second-order valence-corrected chi connectivity index (χ2v) is 15.0. The average molecular weight is 613 g/mol. The number of nitrogens with zero attached hydrogens (tertiary/aromatic N) is 1. The molecule has 34 heavy (non-hydrogen) atoms. The number of benzene rings is 1. The van der Waals surface area contributed by atoms with Crippen molar-refractivity contribution in [2.24, 2.45) is 0 Å². The summed E-state index contributed by atoms with van der Waals surface area (Å²) in [5, 5.41) is 1.86. The number of rotatable bonds is 7. The predicted octanol–water partition coefficient (Wildman–Crippen LogP) is 4.40. The van der Waals surface area contributed by atoms with Crippen LogP contribution in [-0.4, -0.2) is 65.4 Å². The van der Waals surface area contributed by atoms with E-state index in [2.05, 4.69) is 5.32 Å². The van der Waals surface area contributed by atoms with Gasteiger partial charge in [0.2, 0.25) is 13.5 Å². The highest BCUT2D eigenvalue weighted by Crippen LogP contribution is 2.56. The molecule has 2 aliphatic heterocycles. The van der Waals surface area contributed by atoms with E-state index in [1.807, 2.05) is 6.07 Å². The Balaban J connectivity index is 1.84. The summed E-state index contributed by atoms with van der Waals surface area (Å²) in [4.78, 5) is 40.4. The van der Waals surface area contributed by atoms with E-state index in [-0.39, 0.29) is 6.42 Å². The number of ether oxygens (including phenoxy) is 2. The molecule has 14 heteroatoms. The van der Waals surface area contributed by atoms with Crippen LogP contribution in [0.2, 0.25) is 0 Å². The average Bonchev–Trinajstić information content (AvgIpc) is 2.97. The van der Waals surface area contributed by atoms with E-state index in [4.69, 9.17) is 79.1 Å². The first kappa shape index (κ1) is 28.3. The molecule has 3 atom stereocenters. The summed E-state index contributed by atoms with van der Waals surface area (Å²) >= 11 is 35.8. The highest BCUT2D eigenvalue weighted by Gasteiger charge is 2.73. The second kappa shape index (κ2) is 10.2. The van der Waals surface area contributed by atoms with Gasteiger partial charge in [-0.1, -0.05) is 99.9 Å². The van der Waals surface area contributed by atoms with Gasteiger partial charge in [0, 0.05) is 4.75 Å². The summed E-state index contributed by atoms with van der Waals surface area (Å²) < 4.78 is 6.39. The third-order valence-corrected chi connectivity index (χ3v) is 7.37. The van der Waals surface area contributed by atoms with E-state index in [0.717, 1.165) is 5.56 Å². The fraction of sp³-hybridized carbons (Fsp3) is 0.550. The number of esters is 1. The summed E-state index contributed by atoms with van der Waals surface area (Å²) in [6, 6.07) is 7.91. The Kier molecular flexibility index (Phi) is 8.48. The third kappa shape index (κ3) is 6.32. The van der Waals surface area contributed by atoms with Crippen molar-refractivity contribution in [1.82, 2.24) is 10.2 Å². The number of nitrogens with one attached hydrogen (secondary N) is 1. The number of hydrogen-bond donors (Lipinski definition) is 1. The van der Waals surface area contributed by atoms with Crippen molar-refractivity contribution in [3.8, 4) is 0 Å². The van der Waals surface area contributed by atoms with E-state index >= 15 is 0 Å². The Morgan fingerprint density at radius 1 is 1.06 bits per heavy atom. The van der Waals surface area contributed by atoms with Gasteiger partial charge in [-0.25, -0.2) is 4.79 Å². The number of amides is 2. The zero-order valence-corrected chi connectivity index (χ0v) is 23.2. The lowest BCUT2D eigenvalue weighted by Gasteiger charge is -2.52. The van der Waals surface area contributed by atoms with Gasteiger partial charge in [0.25, 0.3) is 11.6 Å². The van der Waals surface area contributed by atoms with E-state index < -0.39 is 60.5 Å². The molecular weight excluding hydrogens is 593 g/mol. The van der Waals surface area contributed by atoms with Gasteiger partial charge in [-0.05, 0) is 19.4 Å². The van der Waals surface area contributed by atoms with Gasteiger partial charge in [0.15, 0.2) is 0 Å². The molecule has 2 heterocycles. The minimum absolute atomic E-state index is 0.0114. The van der Waals surface area contributed by atoms with Crippen molar-refractivity contribution in [3.05, 3.63) is 35.9 Å². The maximum atomic E-state index is 13.4. The van der Waals surface area contributed by atoms with Crippen LogP contribution in [0.25, 0.3) is 0 Å². The SMILES string of the molecule is CC1(C)S[C@H]2N(C(=O)[C@@]2(NC(=O)Cc2ccccc2)OCC(Cl)(Cl)Cl)[C@H]1C(=O)OCC(Cl)(Cl)Cl. The summed E-state index contributed by atoms with van der Waals surface area (Å²) in [5.74, 6) is -1.92. The van der Waals surface area contributed by atoms with Gasteiger partial charge >= 0.3 is 5.97 Å². The summed E-state index contributed by atoms with van der Waals surface area (Å²) in [5.41, 5.74) is -1.12. The number of thioether (sulfide) groups is 1. The maximum Gasteiger partial charge on any atom is 0.330 e. The number of carbonyl (C=O) groups is 3. The zero-order valence-electron chi connectivity index (χ0n) is 17.8. The molecule has 2 fully saturated rings. The molecule has 0 unspecified atom stereocenters. The monoisotopic (exact) mass is 610 g/mol. The van der Waals surface area contributed by atoms with Crippen molar-refractivity contribution in [2.75, 3.05) is 13.2 Å². The fourth-order valence-electron chi connectivity index (χ4n) is 3.75. The van der Waals surface area contributed by atoms with Crippen molar-refractivity contribution in [3.63, 3.8) is 0 Å². The predicted molar refractivity (Wildman–Crippen MR) is 135 cm³/mol. The molecule has 0 saturated carbocycles. The van der Waals surface area contributed by atoms with Crippen LogP contribution in [0.4, 0.5) is 0 Å². The zero-order chi connectivity index (χ0) is 25.5. The molecule has 1 aromatic rings. The Morgan fingerprint density at radius 2 is 1.65 bits per heavy atom. The lowest BCUT2D eigenvalue weighted by atomic mass is 9.93. The smallest absolute Gasteiger partial charge is 0.330 e. The molecule has 0 bridgehead atoms. The van der Waals surface area contributed by atoms with Crippen LogP contribution >= 0.6 is 81.4 Å². The van der Waals surface area contributed by atoms with Crippen LogP contribution in [0.15, 0.2) is 30.3 Å². The molecule has 3 rings (SSSR count). The first-order valence-corrected chi connectivity index (χ1v) is 13.0. The lowest BCUT2D eigenvalue weighted by Crippen LogP contribution is -2.81. The molecule has 2 saturated heterocycles. The summed E-state index contributed by atoms with van der Waals surface area (Å²) in [6.07, 6.45) is -0.0114. The molecule has 2 aliphatic rings. The van der Waals surface area contributed by atoms with Crippen molar-refractivity contribution in [2.45, 2.75) is 49.7 Å². The Hall–Kier alpha value is -0.320. The van der Waals surface area contributed by atoms with Crippen LogP contribution in [-0.2, 0) is 30.3 Å². The second-order valence-electron chi connectivity index (χ2n) is 8.26. The number of hydrogen-bond acceptors (Lipinski definition) is 6. The lowest BCUT2D eigenvalue weighted by molar-refractivity contribution is -0.207. The molecule has 7 nitrogen and oxygen atoms in total. The molecule has 0 aromatic heterocycles. The first-order chi connectivity index (χ1) is 15.6. The summed E-state index contributed by atoms with van der Waals surface area (Å²) in [7, 11) is 0. The number of alkyl halides is 6. The molecule has 1 aromatic carbocycles. The third-order valence-electron chi connectivity index (χ3n) is 5.10. The first-order valence-electron chi connectivity index (χ1n) is 9.85. The molecule has 2 amide bonds. The Morgan fingerprint density at radius 3 is 2.21 bits per heavy atom. The molecule has 0 spiro atoms. The number of β-lactam (4-membered cyclic amide) rings is 1. The molecule has 188 valence electrons. The van der Waals surface area contributed by atoms with Crippen LogP contribution in [0.3, 0.4) is 0 Å². The fourth-order valence-corrected chi connectivity index (χ4v) is 5.72. The van der Waals surface area contributed by atoms with Crippen LogP contribution < -0.4 is 5.32 Å². The Labute approximate surface area is 230 Å². The molecular formula is C20H20Cl6N2O5S. The normalized spacial score (nSPS) is 26.0. The van der Waals surface area contributed by atoms with Gasteiger partial charge in [-0.3, -0.25) is 9.59 Å². The van der Waals surface area contributed by atoms with Gasteiger partial charge in [-0.2, -0.15) is 0 Å². The van der Waals surface area contributed by atoms with Gasteiger partial charge in [-0.15, -0.1) is 11.8 Å². The number of carbonyl (C=O) groups excluding carboxylic acids is 3. The van der Waals surface area contributed by atoms with E-state index in [1.54, 1.807) is 38.1 Å². The molecule has 0 radical (unpaired) electrons. The quantitative estimate of drug-likeness (QED) is 0.213. The van der Waals surface area contributed by atoms with E-state index in [1.165, 1.54) is 16.7 Å². The van der Waals surface area contributed by atoms with E-state index in [9.17, 15) is 14.4 Å². The van der Waals surface area contributed by atoms with Gasteiger partial charge in [0.05, 0.1) is 13.0 Å². The molecule has 0 aliphatic carbocycles. The minimum Gasteiger partial charge on any atom is -0.460 e. The van der Waals surface area contributed by atoms with Crippen LogP contribution in [0, 0.1) is 0 Å². The standard InChI is InChI=1S/C20H20Cl6N2O5S/c1-17(2)13(14(30)32-9-18(21,22)23)28-15(31)20(16(28)34-17,33-10-19(24,25)26)27-12(29)8-11-6-4-3-5-7-11/h3-7,13,16H,8-10H2,1-2H3,(H,27,29)/t13-,16+,20+/m0/s1. The highest BCUT2D eigenvalue weighted by molar-refractivity contribution is 8.01. The topological polar surface area (TPSA) is 84.9 Å². The van der Waals surface area contributed by atoms with Crippen molar-refractivity contribution < 1.29 is 23.9 Å². The van der Waals surface area contributed by atoms with Crippen LogP contribution in [0.1, 0.15) is 19.4 Å². The Bertz CT molecular complexity index is 955. The van der Waals surface area contributed by atoms with Gasteiger partial charge in [0.1, 0.15) is 18.0 Å². The van der Waals surface area contributed by atoms with E-state index in [0.29, 0.717) is 0 Å². The van der Waals surface area contributed by atoms with Crippen LogP contribution in [0.5, 0.6) is 0 Å². The largest absolute Gasteiger partial charge is 0.460 e. The minimum atomic E-state index is -1.85. The highest BCUT2D eigenvalue weighted by atomic mass is 35.6. The number of halogens is 6. The number of fused-ring (bicyclic) bond motifs is 1. The summed E-state index contributed by atoms with van der Waals surface area (Å²) in [6.45, 7) is 2.51. The molecule has 1 N–H and O–H groups in total.